The van der Waals surface area contributed by atoms with E-state index >= 15 is 0 Å². The molecule has 1 aromatic rings. The second kappa shape index (κ2) is 3.16. The topological polar surface area (TPSA) is 81.1 Å². The Morgan fingerprint density at radius 2 is 2.55 bits per heavy atom. The van der Waals surface area contributed by atoms with Crippen molar-refractivity contribution in [3.63, 3.8) is 0 Å². The van der Waals surface area contributed by atoms with E-state index in [1.165, 1.54) is 17.1 Å². The minimum atomic E-state index is -0.532. The van der Waals surface area contributed by atoms with Gasteiger partial charge < -0.3 is 15.4 Å². The average Bonchev–Trinajstić information content (AvgIpc) is 2.36. The van der Waals surface area contributed by atoms with E-state index < -0.39 is 5.91 Å². The molecule has 5 nitrogen and oxygen atoms in total. The van der Waals surface area contributed by atoms with E-state index in [-0.39, 0.29) is 6.61 Å². The monoisotopic (exact) mass is 155 g/mol. The number of carbonyl (C=O) groups excluding carboxylic acids is 1. The first-order chi connectivity index (χ1) is 5.25. The number of primary amides is 1. The second-order valence-corrected chi connectivity index (χ2v) is 2.06. The van der Waals surface area contributed by atoms with Crippen LogP contribution in [-0.2, 0) is 6.54 Å². The summed E-state index contributed by atoms with van der Waals surface area (Å²) in [5, 5.41) is 8.54. The summed E-state index contributed by atoms with van der Waals surface area (Å²) in [6, 6.07) is 0. The number of nitrogens with two attached hydrogens (primary N) is 1. The SMILES string of the molecule is NC(=O)c1cncn1CCO. The highest BCUT2D eigenvalue weighted by Crippen LogP contribution is 1.96. The van der Waals surface area contributed by atoms with E-state index in [0.717, 1.165) is 0 Å². The molecule has 0 atom stereocenters. The maximum absolute atomic E-state index is 10.6. The second-order valence-electron chi connectivity index (χ2n) is 2.06. The average molecular weight is 155 g/mol. The summed E-state index contributed by atoms with van der Waals surface area (Å²) in [6.45, 7) is 0.314. The lowest BCUT2D eigenvalue weighted by molar-refractivity contribution is 0.0990. The molecule has 5 heteroatoms. The van der Waals surface area contributed by atoms with Gasteiger partial charge in [0.1, 0.15) is 5.69 Å². The maximum atomic E-state index is 10.6. The van der Waals surface area contributed by atoms with Crippen molar-refractivity contribution in [1.29, 1.82) is 0 Å². The van der Waals surface area contributed by atoms with Gasteiger partial charge in [-0.25, -0.2) is 4.98 Å². The maximum Gasteiger partial charge on any atom is 0.266 e. The van der Waals surface area contributed by atoms with E-state index in [4.69, 9.17) is 10.8 Å². The molecule has 0 spiro atoms. The number of nitrogens with zero attached hydrogens (tertiary/aromatic N) is 2. The highest BCUT2D eigenvalue weighted by Gasteiger charge is 2.05. The number of aromatic nitrogens is 2. The van der Waals surface area contributed by atoms with E-state index in [9.17, 15) is 4.79 Å². The Morgan fingerprint density at radius 3 is 3.09 bits per heavy atom. The quantitative estimate of drug-likeness (QED) is 0.585. The van der Waals surface area contributed by atoms with Gasteiger partial charge in [0, 0.05) is 6.54 Å². The molecule has 0 aliphatic heterocycles. The lowest BCUT2D eigenvalue weighted by atomic mass is 10.4. The fourth-order valence-corrected chi connectivity index (χ4v) is 0.812. The number of aliphatic hydroxyl groups is 1. The first-order valence-electron chi connectivity index (χ1n) is 3.16. The molecule has 1 heterocycles. The molecule has 0 fully saturated rings. The van der Waals surface area contributed by atoms with Gasteiger partial charge in [-0.1, -0.05) is 0 Å². The Bertz CT molecular complexity index is 256. The fraction of sp³-hybridized carbons (Fsp3) is 0.333. The van der Waals surface area contributed by atoms with Crippen LogP contribution < -0.4 is 5.73 Å². The van der Waals surface area contributed by atoms with Crippen molar-refractivity contribution < 1.29 is 9.90 Å². The Morgan fingerprint density at radius 1 is 1.82 bits per heavy atom. The van der Waals surface area contributed by atoms with Crippen LogP contribution in [0.25, 0.3) is 0 Å². The van der Waals surface area contributed by atoms with Crippen molar-refractivity contribution in [3.05, 3.63) is 18.2 Å². The third-order valence-electron chi connectivity index (χ3n) is 1.31. The molecule has 0 aliphatic rings. The molecule has 0 radical (unpaired) electrons. The Labute approximate surface area is 63.5 Å². The third kappa shape index (κ3) is 1.56. The molecule has 1 amide bonds. The van der Waals surface area contributed by atoms with E-state index in [2.05, 4.69) is 4.98 Å². The van der Waals surface area contributed by atoms with Crippen molar-refractivity contribution in [2.75, 3.05) is 6.61 Å². The van der Waals surface area contributed by atoms with Crippen molar-refractivity contribution >= 4 is 5.91 Å². The number of aliphatic hydroxyl groups excluding tert-OH is 1. The Kier molecular flexibility index (Phi) is 2.22. The molecule has 0 unspecified atom stereocenters. The Hall–Kier alpha value is -1.36. The van der Waals surface area contributed by atoms with Gasteiger partial charge in [-0.2, -0.15) is 0 Å². The zero-order chi connectivity index (χ0) is 8.27. The zero-order valence-electron chi connectivity index (χ0n) is 5.90. The van der Waals surface area contributed by atoms with Gasteiger partial charge in [0.25, 0.3) is 5.91 Å². The molecule has 0 aromatic carbocycles. The number of carbonyl (C=O) groups is 1. The Balaban J connectivity index is 2.87. The summed E-state index contributed by atoms with van der Waals surface area (Å²) in [6.07, 6.45) is 2.83. The third-order valence-corrected chi connectivity index (χ3v) is 1.31. The van der Waals surface area contributed by atoms with Gasteiger partial charge in [-0.15, -0.1) is 0 Å². The van der Waals surface area contributed by atoms with Crippen molar-refractivity contribution in [1.82, 2.24) is 9.55 Å². The van der Waals surface area contributed by atoms with Crippen LogP contribution in [0.3, 0.4) is 0 Å². The van der Waals surface area contributed by atoms with Crippen LogP contribution >= 0.6 is 0 Å². The highest BCUT2D eigenvalue weighted by molar-refractivity contribution is 5.90. The van der Waals surface area contributed by atoms with Crippen LogP contribution in [0, 0.1) is 0 Å². The lowest BCUT2D eigenvalue weighted by Gasteiger charge is -2.00. The molecule has 1 aromatic heterocycles. The minimum Gasteiger partial charge on any atom is -0.395 e. The zero-order valence-corrected chi connectivity index (χ0v) is 5.90. The highest BCUT2D eigenvalue weighted by atomic mass is 16.3. The summed E-state index contributed by atoms with van der Waals surface area (Å²) in [4.78, 5) is 14.4. The van der Waals surface area contributed by atoms with Gasteiger partial charge in [0.15, 0.2) is 0 Å². The first kappa shape index (κ1) is 7.74. The molecule has 11 heavy (non-hydrogen) atoms. The molecule has 60 valence electrons. The van der Waals surface area contributed by atoms with Crippen LogP contribution in [0.5, 0.6) is 0 Å². The van der Waals surface area contributed by atoms with Crippen molar-refractivity contribution in [2.24, 2.45) is 5.73 Å². The van der Waals surface area contributed by atoms with Gasteiger partial charge in [-0.3, -0.25) is 4.79 Å². The van der Waals surface area contributed by atoms with E-state index in [1.807, 2.05) is 0 Å². The number of imidazole rings is 1. The van der Waals surface area contributed by atoms with Crippen LogP contribution in [0.4, 0.5) is 0 Å². The predicted molar refractivity (Wildman–Crippen MR) is 37.8 cm³/mol. The number of hydrogen-bond donors (Lipinski definition) is 2. The van der Waals surface area contributed by atoms with Crippen LogP contribution in [0.15, 0.2) is 12.5 Å². The summed E-state index contributed by atoms with van der Waals surface area (Å²) in [7, 11) is 0. The molecular weight excluding hydrogens is 146 g/mol. The van der Waals surface area contributed by atoms with Gasteiger partial charge in [-0.05, 0) is 0 Å². The van der Waals surface area contributed by atoms with Crippen molar-refractivity contribution in [2.45, 2.75) is 6.54 Å². The standard InChI is InChI=1S/C6H9N3O2/c7-6(11)5-3-8-4-9(5)1-2-10/h3-4,10H,1-2H2,(H2,7,11). The van der Waals surface area contributed by atoms with Gasteiger partial charge in [0.05, 0.1) is 19.1 Å². The smallest absolute Gasteiger partial charge is 0.266 e. The molecule has 0 aliphatic carbocycles. The number of rotatable bonds is 3. The molecule has 1 rings (SSSR count). The van der Waals surface area contributed by atoms with Crippen LogP contribution in [-0.4, -0.2) is 27.2 Å². The normalized spacial score (nSPS) is 9.91. The molecule has 0 bridgehead atoms. The van der Waals surface area contributed by atoms with Crippen molar-refractivity contribution in [3.8, 4) is 0 Å². The van der Waals surface area contributed by atoms with Gasteiger partial charge in [0.2, 0.25) is 0 Å². The van der Waals surface area contributed by atoms with Crippen LogP contribution in [0.2, 0.25) is 0 Å². The van der Waals surface area contributed by atoms with E-state index in [1.54, 1.807) is 0 Å². The van der Waals surface area contributed by atoms with Gasteiger partial charge >= 0.3 is 0 Å². The number of amides is 1. The predicted octanol–water partition coefficient (Wildman–Crippen LogP) is -1.03. The minimum absolute atomic E-state index is 0.0311. The molecule has 0 saturated heterocycles. The fourth-order valence-electron chi connectivity index (χ4n) is 0.812. The summed E-state index contributed by atoms with van der Waals surface area (Å²) < 4.78 is 1.50. The molecule has 3 N–H and O–H groups in total. The summed E-state index contributed by atoms with van der Waals surface area (Å²) in [5.74, 6) is -0.532. The van der Waals surface area contributed by atoms with E-state index in [0.29, 0.717) is 12.2 Å². The lowest BCUT2D eigenvalue weighted by Crippen LogP contribution is -2.17. The molecular formula is C6H9N3O2. The first-order valence-corrected chi connectivity index (χ1v) is 3.16. The summed E-state index contributed by atoms with van der Waals surface area (Å²) >= 11 is 0. The largest absolute Gasteiger partial charge is 0.395 e. The summed E-state index contributed by atoms with van der Waals surface area (Å²) in [5.41, 5.74) is 5.33. The number of hydrogen-bond acceptors (Lipinski definition) is 3. The molecule has 0 saturated carbocycles. The van der Waals surface area contributed by atoms with Crippen LogP contribution in [0.1, 0.15) is 10.5 Å².